The van der Waals surface area contributed by atoms with Gasteiger partial charge in [0.25, 0.3) is 0 Å². The zero-order valence-electron chi connectivity index (χ0n) is 5.29. The van der Waals surface area contributed by atoms with Gasteiger partial charge in [0, 0.05) is 16.1 Å². The molecule has 0 aromatic carbocycles. The molecule has 0 aromatic rings. The lowest BCUT2D eigenvalue weighted by Crippen LogP contribution is -2.11. The van der Waals surface area contributed by atoms with E-state index in [2.05, 4.69) is 13.8 Å². The molecule has 0 unspecified atom stereocenters. The topological polar surface area (TPSA) is 0 Å². The molecule has 7 heavy (non-hydrogen) atoms. The average Bonchev–Trinajstić information content (AvgIpc) is 1.68. The van der Waals surface area contributed by atoms with Gasteiger partial charge in [0.1, 0.15) is 0 Å². The first-order valence-electron chi connectivity index (χ1n) is 2.68. The van der Waals surface area contributed by atoms with Crippen molar-refractivity contribution in [2.24, 2.45) is 5.41 Å². The Hall–Kier alpha value is 0.507. The van der Waals surface area contributed by atoms with Crippen molar-refractivity contribution in [3.8, 4) is 0 Å². The summed E-state index contributed by atoms with van der Waals surface area (Å²) in [5.41, 5.74) is 0.410. The molecule has 0 rings (SSSR count). The number of halogens is 1. The monoisotopic (exact) mass is 136 g/mol. The van der Waals surface area contributed by atoms with E-state index >= 15 is 0 Å². The first-order chi connectivity index (χ1) is 3.12. The van der Waals surface area contributed by atoms with Crippen LogP contribution in [0.1, 0.15) is 13.8 Å². The minimum atomic E-state index is 0.410. The maximum absolute atomic E-state index is 5.62. The molecule has 0 aromatic heterocycles. The molecule has 44 valence electrons. The Kier molecular flexibility index (Phi) is 2.92. The smallest absolute Gasteiger partial charge is 0.0271 e. The Bertz CT molecular complexity index is 46.0. The van der Waals surface area contributed by atoms with E-state index in [0.29, 0.717) is 5.41 Å². The molecule has 0 amide bonds. The summed E-state index contributed by atoms with van der Waals surface area (Å²) in [6, 6.07) is 1.30. The van der Waals surface area contributed by atoms with Gasteiger partial charge in [0.15, 0.2) is 0 Å². The van der Waals surface area contributed by atoms with Crippen molar-refractivity contribution in [2.45, 2.75) is 19.9 Å². The van der Waals surface area contributed by atoms with Gasteiger partial charge in [-0.2, -0.15) is 0 Å². The van der Waals surface area contributed by atoms with E-state index in [1.54, 1.807) is 0 Å². The van der Waals surface area contributed by atoms with Crippen LogP contribution in [0.2, 0.25) is 6.04 Å². The van der Waals surface area contributed by atoms with Crippen LogP contribution in [0.4, 0.5) is 0 Å². The molecule has 0 aliphatic rings. The third-order valence-corrected chi connectivity index (χ3v) is 3.96. The Morgan fingerprint density at radius 3 is 2.00 bits per heavy atom. The van der Waals surface area contributed by atoms with Gasteiger partial charge >= 0.3 is 0 Å². The van der Waals surface area contributed by atoms with E-state index in [1.165, 1.54) is 16.3 Å². The summed E-state index contributed by atoms with van der Waals surface area (Å²) >= 11 is 5.62. The summed E-state index contributed by atoms with van der Waals surface area (Å²) in [6.07, 6.45) is 0. The van der Waals surface area contributed by atoms with Crippen LogP contribution < -0.4 is 0 Å². The average molecular weight is 137 g/mol. The van der Waals surface area contributed by atoms with Gasteiger partial charge < -0.3 is 0 Å². The first kappa shape index (κ1) is 7.51. The van der Waals surface area contributed by atoms with E-state index in [-0.39, 0.29) is 0 Å². The van der Waals surface area contributed by atoms with Crippen molar-refractivity contribution in [3.05, 3.63) is 0 Å². The molecular formula is C5H13ClSi. The minimum Gasteiger partial charge on any atom is -0.126 e. The van der Waals surface area contributed by atoms with Crippen molar-refractivity contribution < 1.29 is 0 Å². The Morgan fingerprint density at radius 1 is 1.57 bits per heavy atom. The van der Waals surface area contributed by atoms with Crippen LogP contribution in [-0.2, 0) is 0 Å². The largest absolute Gasteiger partial charge is 0.126 e. The van der Waals surface area contributed by atoms with Gasteiger partial charge in [0.2, 0.25) is 0 Å². The normalized spacial score (nSPS) is 12.4. The van der Waals surface area contributed by atoms with Gasteiger partial charge in [-0.15, -0.1) is 11.6 Å². The fourth-order valence-electron chi connectivity index (χ4n) is 0.0945. The summed E-state index contributed by atoms with van der Waals surface area (Å²) in [5, 5.41) is 0. The SMILES string of the molecule is CC(C)(C[SiH3])CCl. The van der Waals surface area contributed by atoms with Crippen molar-refractivity contribution in [3.63, 3.8) is 0 Å². The Balaban J connectivity index is 3.36. The second-order valence-electron chi connectivity index (χ2n) is 2.65. The molecule has 0 heterocycles. The molecular weight excluding hydrogens is 124 g/mol. The minimum absolute atomic E-state index is 0.410. The van der Waals surface area contributed by atoms with Gasteiger partial charge in [-0.05, 0) is 5.41 Å². The zero-order chi connectivity index (χ0) is 5.91. The molecule has 0 aliphatic carbocycles. The van der Waals surface area contributed by atoms with Crippen molar-refractivity contribution in [1.82, 2.24) is 0 Å². The quantitative estimate of drug-likeness (QED) is 0.393. The van der Waals surface area contributed by atoms with E-state index in [0.717, 1.165) is 5.88 Å². The lowest BCUT2D eigenvalue weighted by Gasteiger charge is -2.17. The maximum Gasteiger partial charge on any atom is 0.0271 e. The summed E-state index contributed by atoms with van der Waals surface area (Å²) in [7, 11) is 1.27. The second-order valence-corrected chi connectivity index (χ2v) is 3.63. The highest BCUT2D eigenvalue weighted by atomic mass is 35.5. The van der Waals surface area contributed by atoms with Crippen LogP contribution in [0.3, 0.4) is 0 Å². The van der Waals surface area contributed by atoms with Crippen LogP contribution in [0.5, 0.6) is 0 Å². The third-order valence-electron chi connectivity index (χ3n) is 1.32. The van der Waals surface area contributed by atoms with Gasteiger partial charge in [0.05, 0.1) is 0 Å². The summed E-state index contributed by atoms with van der Waals surface area (Å²) in [5.74, 6) is 0.802. The zero-order valence-corrected chi connectivity index (χ0v) is 8.05. The molecule has 0 radical (unpaired) electrons. The molecule has 0 N–H and O–H groups in total. The fourth-order valence-corrected chi connectivity index (χ4v) is 0.850. The van der Waals surface area contributed by atoms with E-state index < -0.39 is 0 Å². The summed E-state index contributed by atoms with van der Waals surface area (Å²) < 4.78 is 0. The van der Waals surface area contributed by atoms with Crippen molar-refractivity contribution in [1.29, 1.82) is 0 Å². The highest BCUT2D eigenvalue weighted by Gasteiger charge is 2.11. The first-order valence-corrected chi connectivity index (χ1v) is 4.63. The predicted molar refractivity (Wildman–Crippen MR) is 39.2 cm³/mol. The Labute approximate surface area is 53.7 Å². The van der Waals surface area contributed by atoms with E-state index in [4.69, 9.17) is 11.6 Å². The molecule has 0 saturated heterocycles. The van der Waals surface area contributed by atoms with Crippen LogP contribution in [0.25, 0.3) is 0 Å². The molecule has 2 heteroatoms. The molecule has 0 bridgehead atoms. The lowest BCUT2D eigenvalue weighted by atomic mass is 10.0. The van der Waals surface area contributed by atoms with Crippen LogP contribution in [-0.4, -0.2) is 16.1 Å². The Morgan fingerprint density at radius 2 is 2.00 bits per heavy atom. The maximum atomic E-state index is 5.62. The molecule has 0 aliphatic heterocycles. The van der Waals surface area contributed by atoms with E-state index in [1.807, 2.05) is 0 Å². The summed E-state index contributed by atoms with van der Waals surface area (Å²) in [4.78, 5) is 0. The van der Waals surface area contributed by atoms with Crippen LogP contribution >= 0.6 is 11.6 Å². The van der Waals surface area contributed by atoms with Crippen LogP contribution in [0.15, 0.2) is 0 Å². The van der Waals surface area contributed by atoms with Gasteiger partial charge in [-0.3, -0.25) is 0 Å². The third kappa shape index (κ3) is 3.12. The summed E-state index contributed by atoms with van der Waals surface area (Å²) in [6.45, 7) is 4.40. The number of hydrogen-bond donors (Lipinski definition) is 0. The molecule has 0 atom stereocenters. The number of rotatable bonds is 2. The fraction of sp³-hybridized carbons (Fsp3) is 1.00. The second kappa shape index (κ2) is 2.73. The highest BCUT2D eigenvalue weighted by Crippen LogP contribution is 2.19. The number of hydrogen-bond acceptors (Lipinski definition) is 0. The van der Waals surface area contributed by atoms with Gasteiger partial charge in [-0.25, -0.2) is 0 Å². The van der Waals surface area contributed by atoms with Crippen molar-refractivity contribution in [2.75, 3.05) is 5.88 Å². The lowest BCUT2D eigenvalue weighted by molar-refractivity contribution is 0.477. The molecule has 0 spiro atoms. The van der Waals surface area contributed by atoms with Crippen molar-refractivity contribution >= 4 is 21.8 Å². The van der Waals surface area contributed by atoms with E-state index in [9.17, 15) is 0 Å². The van der Waals surface area contributed by atoms with Crippen LogP contribution in [0, 0.1) is 5.41 Å². The molecule has 0 saturated carbocycles. The van der Waals surface area contributed by atoms with Gasteiger partial charge in [-0.1, -0.05) is 19.9 Å². The predicted octanol–water partition coefficient (Wildman–Crippen LogP) is 1.04. The standard InChI is InChI=1S/C5H13ClSi/c1-5(2,3-6)4-7/h3-4H2,1-2,7H3. The number of alkyl halides is 1. The molecule has 0 nitrogen and oxygen atoms in total. The highest BCUT2D eigenvalue weighted by molar-refractivity contribution is 6.19. The molecule has 0 fully saturated rings.